The number of hydrogen-bond donors (Lipinski definition) is 0. The van der Waals surface area contributed by atoms with E-state index in [1.165, 1.54) is 25.3 Å². The van der Waals surface area contributed by atoms with Gasteiger partial charge in [-0.25, -0.2) is 9.18 Å². The normalized spacial score (nSPS) is 10.7. The smallest absolute Gasteiger partial charge is 0.340 e. The van der Waals surface area contributed by atoms with Gasteiger partial charge in [-0.15, -0.1) is 0 Å². The number of benzene rings is 3. The Balaban J connectivity index is 1.60. The maximum Gasteiger partial charge on any atom is 0.340 e. The fourth-order valence-electron chi connectivity index (χ4n) is 2.88. The van der Waals surface area contributed by atoms with Crippen LogP contribution in [0.25, 0.3) is 34.0 Å². The van der Waals surface area contributed by atoms with Crippen LogP contribution in [-0.4, -0.2) is 23.2 Å². The van der Waals surface area contributed by atoms with Crippen molar-refractivity contribution in [2.24, 2.45) is 0 Å². The minimum Gasteiger partial charge on any atom is -0.465 e. The van der Waals surface area contributed by atoms with E-state index < -0.39 is 11.8 Å². The molecule has 0 radical (unpaired) electrons. The van der Waals surface area contributed by atoms with E-state index in [4.69, 9.17) is 16.1 Å². The van der Waals surface area contributed by atoms with Crippen molar-refractivity contribution in [3.05, 3.63) is 83.1 Å². The Bertz CT molecular complexity index is 1190. The molecule has 0 atom stereocenters. The van der Waals surface area contributed by atoms with Crippen LogP contribution in [-0.2, 0) is 4.74 Å². The van der Waals surface area contributed by atoms with Crippen LogP contribution in [0, 0.1) is 5.82 Å². The zero-order valence-corrected chi connectivity index (χ0v) is 16.0. The lowest BCUT2D eigenvalue weighted by atomic mass is 10.0. The molecular weight excluding hydrogens is 395 g/mol. The third-order valence-electron chi connectivity index (χ3n) is 4.38. The number of rotatable bonds is 4. The molecule has 5 nitrogen and oxygen atoms in total. The number of methoxy groups -OCH3 is 1. The number of halogens is 2. The monoisotopic (exact) mass is 408 g/mol. The Hall–Kier alpha value is -3.51. The maximum absolute atomic E-state index is 14.1. The summed E-state index contributed by atoms with van der Waals surface area (Å²) in [4.78, 5) is 15.8. The summed E-state index contributed by atoms with van der Waals surface area (Å²) in [5.74, 6) is -0.958. The van der Waals surface area contributed by atoms with Gasteiger partial charge in [0.1, 0.15) is 5.82 Å². The van der Waals surface area contributed by atoms with Crippen molar-refractivity contribution in [3.63, 3.8) is 0 Å². The highest BCUT2D eigenvalue weighted by molar-refractivity contribution is 6.33. The van der Waals surface area contributed by atoms with Crippen LogP contribution in [0.15, 0.2) is 71.3 Å². The molecule has 3 aromatic carbocycles. The van der Waals surface area contributed by atoms with Gasteiger partial charge >= 0.3 is 5.97 Å². The van der Waals surface area contributed by atoms with Gasteiger partial charge in [-0.1, -0.05) is 47.1 Å². The second kappa shape index (κ2) is 7.85. The summed E-state index contributed by atoms with van der Waals surface area (Å²) in [5.41, 5.74) is 2.83. The largest absolute Gasteiger partial charge is 0.465 e. The number of esters is 1. The first-order chi connectivity index (χ1) is 14.1. The quantitative estimate of drug-likeness (QED) is 0.408. The minimum absolute atomic E-state index is 0.157. The third kappa shape index (κ3) is 3.75. The molecule has 0 saturated carbocycles. The van der Waals surface area contributed by atoms with Crippen molar-refractivity contribution >= 4 is 17.6 Å². The van der Waals surface area contributed by atoms with E-state index >= 15 is 0 Å². The first-order valence-electron chi connectivity index (χ1n) is 8.64. The molecule has 4 rings (SSSR count). The van der Waals surface area contributed by atoms with E-state index in [1.54, 1.807) is 0 Å². The van der Waals surface area contributed by atoms with Gasteiger partial charge in [-0.2, -0.15) is 4.98 Å². The zero-order valence-electron chi connectivity index (χ0n) is 15.2. The first-order valence-corrected chi connectivity index (χ1v) is 9.02. The average Bonchev–Trinajstić information content (AvgIpc) is 3.24. The SMILES string of the molecule is COC(=O)c1ccc(-c2noc(-c3ccc(-c4ccccc4Cl)cc3)n2)cc1F. The van der Waals surface area contributed by atoms with Crippen molar-refractivity contribution in [3.8, 4) is 34.0 Å². The standard InChI is InChI=1S/C22H14ClFN2O3/c1-28-22(27)17-11-10-15(12-19(17)24)20-25-21(29-26-20)14-8-6-13(7-9-14)16-4-2-3-5-18(16)23/h2-12H,1H3. The van der Waals surface area contributed by atoms with Gasteiger partial charge in [0.2, 0.25) is 5.82 Å². The number of ether oxygens (including phenoxy) is 1. The van der Waals surface area contributed by atoms with Crippen LogP contribution in [0.1, 0.15) is 10.4 Å². The first kappa shape index (κ1) is 18.8. The molecular formula is C22H14ClFN2O3. The summed E-state index contributed by atoms with van der Waals surface area (Å²) in [6, 6.07) is 19.1. The highest BCUT2D eigenvalue weighted by Crippen LogP contribution is 2.30. The molecule has 0 aliphatic rings. The topological polar surface area (TPSA) is 65.2 Å². The lowest BCUT2D eigenvalue weighted by Crippen LogP contribution is -2.04. The van der Waals surface area contributed by atoms with Crippen molar-refractivity contribution in [2.45, 2.75) is 0 Å². The van der Waals surface area contributed by atoms with Gasteiger partial charge in [-0.3, -0.25) is 0 Å². The highest BCUT2D eigenvalue weighted by Gasteiger charge is 2.16. The van der Waals surface area contributed by atoms with Crippen LogP contribution in [0.2, 0.25) is 5.02 Å². The van der Waals surface area contributed by atoms with Gasteiger partial charge in [0.05, 0.1) is 12.7 Å². The second-order valence-electron chi connectivity index (χ2n) is 6.17. The van der Waals surface area contributed by atoms with Gasteiger partial charge < -0.3 is 9.26 Å². The fraction of sp³-hybridized carbons (Fsp3) is 0.0455. The van der Waals surface area contributed by atoms with Gasteiger partial charge in [0.15, 0.2) is 0 Å². The lowest BCUT2D eigenvalue weighted by Gasteiger charge is -2.04. The fourth-order valence-corrected chi connectivity index (χ4v) is 3.12. The summed E-state index contributed by atoms with van der Waals surface area (Å²) < 4.78 is 24.0. The second-order valence-corrected chi connectivity index (χ2v) is 6.57. The summed E-state index contributed by atoms with van der Waals surface area (Å²) >= 11 is 6.24. The summed E-state index contributed by atoms with van der Waals surface area (Å²) in [5, 5.41) is 4.57. The summed E-state index contributed by atoms with van der Waals surface area (Å²) in [6.45, 7) is 0. The molecule has 144 valence electrons. The van der Waals surface area contributed by atoms with E-state index in [2.05, 4.69) is 14.9 Å². The van der Waals surface area contributed by atoms with Crippen LogP contribution in [0.3, 0.4) is 0 Å². The van der Waals surface area contributed by atoms with Crippen molar-refractivity contribution in [2.75, 3.05) is 7.11 Å². The third-order valence-corrected chi connectivity index (χ3v) is 4.70. The molecule has 0 amide bonds. The molecule has 0 aliphatic carbocycles. The Morgan fingerprint density at radius 3 is 2.38 bits per heavy atom. The molecule has 0 unspecified atom stereocenters. The zero-order chi connectivity index (χ0) is 20.4. The van der Waals surface area contributed by atoms with E-state index in [1.807, 2.05) is 48.5 Å². The Morgan fingerprint density at radius 2 is 1.69 bits per heavy atom. The van der Waals surface area contributed by atoms with Crippen LogP contribution in [0.4, 0.5) is 4.39 Å². The number of hydrogen-bond acceptors (Lipinski definition) is 5. The van der Waals surface area contributed by atoms with Crippen molar-refractivity contribution in [1.82, 2.24) is 10.1 Å². The maximum atomic E-state index is 14.1. The molecule has 1 aromatic heterocycles. The molecule has 0 saturated heterocycles. The number of carbonyl (C=O) groups is 1. The van der Waals surface area contributed by atoms with Gasteiger partial charge in [-0.05, 0) is 42.0 Å². The van der Waals surface area contributed by atoms with Crippen molar-refractivity contribution in [1.29, 1.82) is 0 Å². The Kier molecular flexibility index (Phi) is 5.10. The summed E-state index contributed by atoms with van der Waals surface area (Å²) in [6.07, 6.45) is 0. The number of nitrogens with zero attached hydrogens (tertiary/aromatic N) is 2. The predicted molar refractivity (Wildman–Crippen MR) is 107 cm³/mol. The van der Waals surface area contributed by atoms with E-state index in [0.717, 1.165) is 11.1 Å². The summed E-state index contributed by atoms with van der Waals surface area (Å²) in [7, 11) is 1.19. The molecule has 0 aliphatic heterocycles. The Morgan fingerprint density at radius 1 is 1.00 bits per heavy atom. The number of aromatic nitrogens is 2. The molecule has 0 bridgehead atoms. The van der Waals surface area contributed by atoms with Gasteiger partial charge in [0, 0.05) is 21.7 Å². The van der Waals surface area contributed by atoms with E-state index in [0.29, 0.717) is 22.0 Å². The highest BCUT2D eigenvalue weighted by atomic mass is 35.5. The van der Waals surface area contributed by atoms with Gasteiger partial charge in [0.25, 0.3) is 5.89 Å². The van der Waals surface area contributed by atoms with E-state index in [9.17, 15) is 9.18 Å². The molecule has 4 aromatic rings. The van der Waals surface area contributed by atoms with Crippen molar-refractivity contribution < 1.29 is 18.4 Å². The minimum atomic E-state index is -0.749. The number of carbonyl (C=O) groups excluding carboxylic acids is 1. The Labute approximate surface area is 170 Å². The van der Waals surface area contributed by atoms with E-state index in [-0.39, 0.29) is 11.4 Å². The average molecular weight is 409 g/mol. The predicted octanol–water partition coefficient (Wildman–Crippen LogP) is 5.65. The lowest BCUT2D eigenvalue weighted by molar-refractivity contribution is 0.0595. The molecule has 29 heavy (non-hydrogen) atoms. The molecule has 0 fully saturated rings. The van der Waals surface area contributed by atoms with Crippen LogP contribution < -0.4 is 0 Å². The molecule has 1 heterocycles. The molecule has 0 N–H and O–H groups in total. The van der Waals surface area contributed by atoms with Crippen LogP contribution >= 0.6 is 11.6 Å². The molecule has 7 heteroatoms. The molecule has 0 spiro atoms. The van der Waals surface area contributed by atoms with Crippen LogP contribution in [0.5, 0.6) is 0 Å².